The minimum absolute atomic E-state index is 0.0690. The fourth-order valence-electron chi connectivity index (χ4n) is 4.18. The molecule has 1 saturated carbocycles. The standard InChI is InChI=1S/C23H21F3N2O4/c24-23(25,26)16-3-1-14(2-4-16)11-28(17-5-6-17)22(30)15-9-21(29)27(12-15)18-7-8-19-20(10-18)32-13-31-19/h1-4,7-8,10,15,17H,5-6,9,11-13H2. The van der Waals surface area contributed by atoms with E-state index >= 15 is 0 Å². The lowest BCUT2D eigenvalue weighted by atomic mass is 10.1. The number of amides is 2. The van der Waals surface area contributed by atoms with E-state index in [-0.39, 0.29) is 44.2 Å². The maximum absolute atomic E-state index is 13.3. The number of carbonyl (C=O) groups is 2. The first kappa shape index (κ1) is 20.7. The van der Waals surface area contributed by atoms with Crippen LogP contribution in [0.1, 0.15) is 30.4 Å². The van der Waals surface area contributed by atoms with E-state index in [4.69, 9.17) is 9.47 Å². The minimum atomic E-state index is -4.40. The maximum Gasteiger partial charge on any atom is 0.416 e. The van der Waals surface area contributed by atoms with Gasteiger partial charge in [0.1, 0.15) is 0 Å². The molecule has 0 spiro atoms. The number of carbonyl (C=O) groups excluding carboxylic acids is 2. The Kier molecular flexibility index (Phi) is 4.98. The van der Waals surface area contributed by atoms with Crippen molar-refractivity contribution in [1.29, 1.82) is 0 Å². The second kappa shape index (κ2) is 7.72. The maximum atomic E-state index is 13.3. The van der Waals surface area contributed by atoms with E-state index in [1.807, 2.05) is 0 Å². The largest absolute Gasteiger partial charge is 0.454 e. The molecule has 9 heteroatoms. The number of rotatable bonds is 5. The van der Waals surface area contributed by atoms with Gasteiger partial charge in [-0.05, 0) is 42.7 Å². The SMILES string of the molecule is O=C1CC(C(=O)N(Cc2ccc(C(F)(F)F)cc2)C2CC2)CN1c1ccc2c(c1)OCO2. The zero-order valence-corrected chi connectivity index (χ0v) is 17.1. The zero-order valence-electron chi connectivity index (χ0n) is 17.1. The monoisotopic (exact) mass is 446 g/mol. The van der Waals surface area contributed by atoms with E-state index in [9.17, 15) is 22.8 Å². The first-order valence-electron chi connectivity index (χ1n) is 10.5. The molecule has 2 aliphatic heterocycles. The van der Waals surface area contributed by atoms with Crippen LogP contribution in [0.5, 0.6) is 11.5 Å². The number of hydrogen-bond donors (Lipinski definition) is 0. The lowest BCUT2D eigenvalue weighted by Crippen LogP contribution is -2.38. The third-order valence-corrected chi connectivity index (χ3v) is 6.05. The fourth-order valence-corrected chi connectivity index (χ4v) is 4.18. The van der Waals surface area contributed by atoms with Crippen molar-refractivity contribution in [3.63, 3.8) is 0 Å². The molecular weight excluding hydrogens is 425 g/mol. The van der Waals surface area contributed by atoms with Crippen molar-refractivity contribution >= 4 is 17.5 Å². The smallest absolute Gasteiger partial charge is 0.416 e. The van der Waals surface area contributed by atoms with E-state index in [1.54, 1.807) is 28.0 Å². The average Bonchev–Trinajstić information content (AvgIpc) is 3.36. The number of hydrogen-bond acceptors (Lipinski definition) is 4. The molecule has 32 heavy (non-hydrogen) atoms. The quantitative estimate of drug-likeness (QED) is 0.697. The van der Waals surface area contributed by atoms with Gasteiger partial charge in [0.05, 0.1) is 11.5 Å². The second-order valence-electron chi connectivity index (χ2n) is 8.33. The van der Waals surface area contributed by atoms with Gasteiger partial charge in [-0.15, -0.1) is 0 Å². The minimum Gasteiger partial charge on any atom is -0.454 e. The number of alkyl halides is 3. The van der Waals surface area contributed by atoms with Crippen molar-refractivity contribution in [2.75, 3.05) is 18.2 Å². The number of ether oxygens (including phenoxy) is 2. The molecule has 2 amide bonds. The van der Waals surface area contributed by atoms with Crippen molar-refractivity contribution in [3.8, 4) is 11.5 Å². The molecule has 1 unspecified atom stereocenters. The highest BCUT2D eigenvalue weighted by molar-refractivity contribution is 6.00. The Bertz CT molecular complexity index is 1050. The molecule has 3 aliphatic rings. The summed E-state index contributed by atoms with van der Waals surface area (Å²) in [5.74, 6) is 0.399. The third kappa shape index (κ3) is 3.99. The van der Waals surface area contributed by atoms with E-state index in [0.29, 0.717) is 22.7 Å². The lowest BCUT2D eigenvalue weighted by Gasteiger charge is -2.26. The molecule has 2 aromatic rings. The van der Waals surface area contributed by atoms with Crippen LogP contribution in [0.3, 0.4) is 0 Å². The van der Waals surface area contributed by atoms with Crippen LogP contribution in [0.25, 0.3) is 0 Å². The van der Waals surface area contributed by atoms with Crippen molar-refractivity contribution in [1.82, 2.24) is 4.90 Å². The molecule has 5 rings (SSSR count). The van der Waals surface area contributed by atoms with Gasteiger partial charge in [0.25, 0.3) is 0 Å². The highest BCUT2D eigenvalue weighted by Crippen LogP contribution is 2.38. The van der Waals surface area contributed by atoms with E-state index in [1.165, 1.54) is 12.1 Å². The number of anilines is 1. The van der Waals surface area contributed by atoms with Gasteiger partial charge >= 0.3 is 6.18 Å². The topological polar surface area (TPSA) is 59.1 Å². The Morgan fingerprint density at radius 2 is 1.78 bits per heavy atom. The van der Waals surface area contributed by atoms with Crippen molar-refractivity contribution in [2.45, 2.75) is 38.0 Å². The van der Waals surface area contributed by atoms with Crippen LogP contribution in [-0.2, 0) is 22.3 Å². The molecule has 2 aromatic carbocycles. The summed E-state index contributed by atoms with van der Waals surface area (Å²) in [6, 6.07) is 10.2. The summed E-state index contributed by atoms with van der Waals surface area (Å²) in [6.07, 6.45) is -2.58. The first-order chi connectivity index (χ1) is 15.3. The Morgan fingerprint density at radius 1 is 1.06 bits per heavy atom. The van der Waals surface area contributed by atoms with Gasteiger partial charge in [0.2, 0.25) is 18.6 Å². The van der Waals surface area contributed by atoms with E-state index in [0.717, 1.165) is 25.0 Å². The summed E-state index contributed by atoms with van der Waals surface area (Å²) >= 11 is 0. The van der Waals surface area contributed by atoms with Crippen LogP contribution in [0.15, 0.2) is 42.5 Å². The van der Waals surface area contributed by atoms with Crippen LogP contribution in [-0.4, -0.2) is 36.1 Å². The predicted molar refractivity (Wildman–Crippen MR) is 108 cm³/mol. The number of benzene rings is 2. The molecule has 1 aliphatic carbocycles. The van der Waals surface area contributed by atoms with Crippen molar-refractivity contribution in [2.24, 2.45) is 5.92 Å². The Hall–Kier alpha value is -3.23. The first-order valence-corrected chi connectivity index (χ1v) is 10.5. The highest BCUT2D eigenvalue weighted by Gasteiger charge is 2.41. The summed E-state index contributed by atoms with van der Waals surface area (Å²) in [5, 5.41) is 0. The Labute approximate surface area is 182 Å². The van der Waals surface area contributed by atoms with Gasteiger partial charge in [0, 0.05) is 37.3 Å². The third-order valence-electron chi connectivity index (χ3n) is 6.05. The molecule has 6 nitrogen and oxygen atoms in total. The van der Waals surface area contributed by atoms with Crippen LogP contribution in [0, 0.1) is 5.92 Å². The highest BCUT2D eigenvalue weighted by atomic mass is 19.4. The lowest BCUT2D eigenvalue weighted by molar-refractivity contribution is -0.138. The van der Waals surface area contributed by atoms with Crippen LogP contribution < -0.4 is 14.4 Å². The summed E-state index contributed by atoms with van der Waals surface area (Å²) < 4.78 is 49.1. The van der Waals surface area contributed by atoms with E-state index < -0.39 is 17.7 Å². The number of fused-ring (bicyclic) bond motifs is 1. The Balaban J connectivity index is 1.29. The summed E-state index contributed by atoms with van der Waals surface area (Å²) in [4.78, 5) is 29.2. The van der Waals surface area contributed by atoms with Gasteiger partial charge in [-0.2, -0.15) is 13.2 Å². The molecule has 1 saturated heterocycles. The summed E-state index contributed by atoms with van der Waals surface area (Å²) in [7, 11) is 0. The molecule has 0 radical (unpaired) electrons. The molecule has 2 fully saturated rings. The van der Waals surface area contributed by atoms with Gasteiger partial charge in [0.15, 0.2) is 11.5 Å². The van der Waals surface area contributed by atoms with Crippen molar-refractivity contribution in [3.05, 3.63) is 53.6 Å². The molecule has 168 valence electrons. The van der Waals surface area contributed by atoms with Gasteiger partial charge in [-0.25, -0.2) is 0 Å². The van der Waals surface area contributed by atoms with E-state index in [2.05, 4.69) is 0 Å². The van der Waals surface area contributed by atoms with Gasteiger partial charge in [-0.3, -0.25) is 9.59 Å². The fraction of sp³-hybridized carbons (Fsp3) is 0.391. The van der Waals surface area contributed by atoms with Crippen LogP contribution in [0.4, 0.5) is 18.9 Å². The summed E-state index contributed by atoms with van der Waals surface area (Å²) in [5.41, 5.74) is 0.566. The number of halogens is 3. The van der Waals surface area contributed by atoms with Crippen molar-refractivity contribution < 1.29 is 32.2 Å². The Morgan fingerprint density at radius 3 is 2.47 bits per heavy atom. The molecule has 2 heterocycles. The molecule has 0 bridgehead atoms. The van der Waals surface area contributed by atoms with Gasteiger partial charge < -0.3 is 19.3 Å². The van der Waals surface area contributed by atoms with Crippen LogP contribution in [0.2, 0.25) is 0 Å². The average molecular weight is 446 g/mol. The molecule has 0 N–H and O–H groups in total. The zero-order chi connectivity index (χ0) is 22.5. The normalized spacial score (nSPS) is 20.0. The van der Waals surface area contributed by atoms with Gasteiger partial charge in [-0.1, -0.05) is 12.1 Å². The van der Waals surface area contributed by atoms with Crippen LogP contribution >= 0.6 is 0 Å². The number of nitrogens with zero attached hydrogens (tertiary/aromatic N) is 2. The summed E-state index contributed by atoms with van der Waals surface area (Å²) in [6.45, 7) is 0.623. The molecular formula is C23H21F3N2O4. The molecule has 0 aromatic heterocycles. The predicted octanol–water partition coefficient (Wildman–Crippen LogP) is 3.98. The second-order valence-corrected chi connectivity index (χ2v) is 8.33. The molecule has 1 atom stereocenters.